The first-order valence-electron chi connectivity index (χ1n) is 6.78. The summed E-state index contributed by atoms with van der Waals surface area (Å²) in [6, 6.07) is 8.68. The molecule has 1 aromatic carbocycles. The summed E-state index contributed by atoms with van der Waals surface area (Å²) in [5.74, 6) is 0. The van der Waals surface area contributed by atoms with E-state index in [0.717, 1.165) is 24.1 Å². The second-order valence-electron chi connectivity index (χ2n) is 4.81. The van der Waals surface area contributed by atoms with Gasteiger partial charge in [0.15, 0.2) is 0 Å². The van der Waals surface area contributed by atoms with Crippen molar-refractivity contribution in [3.63, 3.8) is 0 Å². The molecule has 2 rings (SSSR count). The number of aryl methyl sites for hydroxylation is 2. The number of hydrogen-bond donors (Lipinski definition) is 2. The van der Waals surface area contributed by atoms with Gasteiger partial charge in [-0.05, 0) is 43.1 Å². The van der Waals surface area contributed by atoms with Crippen molar-refractivity contribution >= 4 is 10.0 Å². The molecule has 0 saturated heterocycles. The molecule has 0 amide bonds. The molecule has 0 aliphatic rings. The Kier molecular flexibility index (Phi) is 5.11. The maximum atomic E-state index is 12.2. The molecule has 2 aromatic rings. The maximum Gasteiger partial charge on any atom is 0.240 e. The topological polar surface area (TPSA) is 90.0 Å². The summed E-state index contributed by atoms with van der Waals surface area (Å²) in [6.07, 6.45) is 3.39. The molecule has 1 heterocycles. The van der Waals surface area contributed by atoms with Crippen molar-refractivity contribution in [1.82, 2.24) is 14.5 Å². The maximum absolute atomic E-state index is 12.2. The first kappa shape index (κ1) is 15.7. The molecule has 1 aromatic heterocycles. The van der Waals surface area contributed by atoms with Crippen LogP contribution in [0.4, 0.5) is 0 Å². The van der Waals surface area contributed by atoms with Crippen LogP contribution in [0.3, 0.4) is 0 Å². The monoisotopic (exact) mass is 308 g/mol. The number of nitrogens with two attached hydrogens (primary N) is 1. The Morgan fingerprint density at radius 1 is 1.24 bits per heavy atom. The zero-order chi connectivity index (χ0) is 15.3. The molecular weight excluding hydrogens is 288 g/mol. The van der Waals surface area contributed by atoms with Gasteiger partial charge in [-0.1, -0.05) is 12.1 Å². The average molecular weight is 308 g/mol. The Hall–Kier alpha value is -1.70. The minimum Gasteiger partial charge on any atom is -0.330 e. The van der Waals surface area contributed by atoms with Gasteiger partial charge in [0.25, 0.3) is 0 Å². The molecule has 0 radical (unpaired) electrons. The second kappa shape index (κ2) is 6.84. The molecule has 114 valence electrons. The summed E-state index contributed by atoms with van der Waals surface area (Å²) in [7, 11) is -1.73. The van der Waals surface area contributed by atoms with Crippen molar-refractivity contribution in [3.8, 4) is 0 Å². The van der Waals surface area contributed by atoms with Crippen LogP contribution in [-0.4, -0.2) is 24.7 Å². The van der Waals surface area contributed by atoms with Gasteiger partial charge in [0.1, 0.15) is 0 Å². The van der Waals surface area contributed by atoms with Gasteiger partial charge in [-0.3, -0.25) is 4.68 Å². The fourth-order valence-corrected chi connectivity index (χ4v) is 2.97. The highest BCUT2D eigenvalue weighted by molar-refractivity contribution is 7.89. The van der Waals surface area contributed by atoms with Crippen LogP contribution in [0.15, 0.2) is 41.4 Å². The van der Waals surface area contributed by atoms with E-state index in [2.05, 4.69) is 9.82 Å². The molecule has 0 bridgehead atoms. The number of nitrogens with zero attached hydrogens (tertiary/aromatic N) is 2. The molecule has 0 unspecified atom stereocenters. The lowest BCUT2D eigenvalue weighted by molar-refractivity contribution is 0.577. The third-order valence-electron chi connectivity index (χ3n) is 3.27. The van der Waals surface area contributed by atoms with Crippen molar-refractivity contribution in [2.24, 2.45) is 12.8 Å². The van der Waals surface area contributed by atoms with Crippen LogP contribution >= 0.6 is 0 Å². The van der Waals surface area contributed by atoms with Gasteiger partial charge in [0.05, 0.1) is 17.1 Å². The first-order valence-corrected chi connectivity index (χ1v) is 8.27. The predicted molar refractivity (Wildman–Crippen MR) is 81.1 cm³/mol. The van der Waals surface area contributed by atoms with Crippen LogP contribution in [0.2, 0.25) is 0 Å². The Morgan fingerprint density at radius 3 is 2.52 bits per heavy atom. The molecular formula is C14H20N4O2S. The number of sulfonamides is 1. The highest BCUT2D eigenvalue weighted by atomic mass is 32.2. The Labute approximate surface area is 125 Å². The lowest BCUT2D eigenvalue weighted by Crippen LogP contribution is -2.24. The van der Waals surface area contributed by atoms with Crippen LogP contribution in [0, 0.1) is 0 Å². The molecule has 0 spiro atoms. The van der Waals surface area contributed by atoms with Crippen LogP contribution in [0.25, 0.3) is 0 Å². The van der Waals surface area contributed by atoms with Crippen molar-refractivity contribution in [3.05, 3.63) is 47.8 Å². The summed E-state index contributed by atoms with van der Waals surface area (Å²) < 4.78 is 28.6. The predicted octanol–water partition coefficient (Wildman–Crippen LogP) is 0.790. The van der Waals surface area contributed by atoms with E-state index in [1.165, 1.54) is 0 Å². The van der Waals surface area contributed by atoms with Crippen LogP contribution in [-0.2, 0) is 30.0 Å². The number of nitrogens with one attached hydrogen (secondary N) is 1. The highest BCUT2D eigenvalue weighted by Gasteiger charge is 2.14. The molecule has 0 fully saturated rings. The molecule has 0 saturated carbocycles. The van der Waals surface area contributed by atoms with Gasteiger partial charge >= 0.3 is 0 Å². The summed E-state index contributed by atoms with van der Waals surface area (Å²) in [5.41, 5.74) is 7.35. The first-order chi connectivity index (χ1) is 10.0. The summed E-state index contributed by atoms with van der Waals surface area (Å²) in [6.45, 7) is 0.847. The molecule has 21 heavy (non-hydrogen) atoms. The third kappa shape index (κ3) is 4.13. The van der Waals surface area contributed by atoms with Crippen LogP contribution in [0.1, 0.15) is 17.7 Å². The van der Waals surface area contributed by atoms with Crippen molar-refractivity contribution in [1.29, 1.82) is 0 Å². The summed E-state index contributed by atoms with van der Waals surface area (Å²) in [5, 5.41) is 4.00. The minimum atomic E-state index is -3.51. The molecule has 3 N–H and O–H groups in total. The van der Waals surface area contributed by atoms with E-state index in [1.807, 2.05) is 12.1 Å². The van der Waals surface area contributed by atoms with Gasteiger partial charge in [-0.25, -0.2) is 13.1 Å². The van der Waals surface area contributed by atoms with E-state index in [0.29, 0.717) is 6.54 Å². The largest absolute Gasteiger partial charge is 0.330 e. The van der Waals surface area contributed by atoms with Gasteiger partial charge in [0, 0.05) is 13.2 Å². The van der Waals surface area contributed by atoms with Crippen LogP contribution in [0.5, 0.6) is 0 Å². The summed E-state index contributed by atoms with van der Waals surface area (Å²) >= 11 is 0. The van der Waals surface area contributed by atoms with E-state index in [9.17, 15) is 8.42 Å². The molecule has 0 atom stereocenters. The van der Waals surface area contributed by atoms with E-state index in [1.54, 1.807) is 36.1 Å². The smallest absolute Gasteiger partial charge is 0.240 e. The zero-order valence-electron chi connectivity index (χ0n) is 12.0. The summed E-state index contributed by atoms with van der Waals surface area (Å²) in [4.78, 5) is 0.265. The van der Waals surface area contributed by atoms with Crippen molar-refractivity contribution in [2.75, 3.05) is 6.54 Å². The van der Waals surface area contributed by atoms with Gasteiger partial charge < -0.3 is 5.73 Å². The Morgan fingerprint density at radius 2 is 1.95 bits per heavy atom. The fraction of sp³-hybridized carbons (Fsp3) is 0.357. The average Bonchev–Trinajstić information content (AvgIpc) is 2.89. The normalized spacial score (nSPS) is 11.7. The number of hydrogen-bond acceptors (Lipinski definition) is 4. The Balaban J connectivity index is 2.03. The number of benzene rings is 1. The van der Waals surface area contributed by atoms with Gasteiger partial charge in [-0.15, -0.1) is 0 Å². The molecule has 0 aliphatic carbocycles. The number of aromatic nitrogens is 2. The van der Waals surface area contributed by atoms with E-state index in [4.69, 9.17) is 5.73 Å². The van der Waals surface area contributed by atoms with E-state index >= 15 is 0 Å². The third-order valence-corrected chi connectivity index (χ3v) is 4.69. The molecule has 0 aliphatic heterocycles. The quantitative estimate of drug-likeness (QED) is 0.791. The van der Waals surface area contributed by atoms with Gasteiger partial charge in [0.2, 0.25) is 10.0 Å². The zero-order valence-corrected chi connectivity index (χ0v) is 12.8. The van der Waals surface area contributed by atoms with Crippen molar-refractivity contribution in [2.45, 2.75) is 24.3 Å². The van der Waals surface area contributed by atoms with E-state index < -0.39 is 10.0 Å². The van der Waals surface area contributed by atoms with E-state index in [-0.39, 0.29) is 11.4 Å². The lowest BCUT2D eigenvalue weighted by Gasteiger charge is -2.08. The standard InChI is InChI=1S/C14H20N4O2S/c1-18-13(8-10-16-18)11-17-21(19,20)14-6-4-12(5-7-14)3-2-9-15/h4-8,10,17H,2-3,9,11,15H2,1H3. The molecule has 6 nitrogen and oxygen atoms in total. The minimum absolute atomic E-state index is 0.216. The number of rotatable bonds is 7. The second-order valence-corrected chi connectivity index (χ2v) is 6.57. The Bertz CT molecular complexity index is 677. The fourth-order valence-electron chi connectivity index (χ4n) is 1.97. The lowest BCUT2D eigenvalue weighted by atomic mass is 10.1. The highest BCUT2D eigenvalue weighted by Crippen LogP contribution is 2.12. The van der Waals surface area contributed by atoms with Crippen molar-refractivity contribution < 1.29 is 8.42 Å². The van der Waals surface area contributed by atoms with Gasteiger partial charge in [-0.2, -0.15) is 5.10 Å². The molecule has 7 heteroatoms. The van der Waals surface area contributed by atoms with Crippen LogP contribution < -0.4 is 10.5 Å². The SMILES string of the molecule is Cn1nccc1CNS(=O)(=O)c1ccc(CCCN)cc1.